The molecule has 0 radical (unpaired) electrons. The van der Waals surface area contributed by atoms with E-state index in [1.54, 1.807) is 0 Å². The fourth-order valence-corrected chi connectivity index (χ4v) is 2.50. The van der Waals surface area contributed by atoms with E-state index in [1.807, 2.05) is 31.2 Å². The monoisotopic (exact) mass is 314 g/mol. The lowest BCUT2D eigenvalue weighted by Gasteiger charge is -2.20. The topological polar surface area (TPSA) is 84.1 Å². The van der Waals surface area contributed by atoms with Gasteiger partial charge in [0.1, 0.15) is 17.5 Å². The number of aliphatic hydroxyl groups is 1. The van der Waals surface area contributed by atoms with E-state index in [0.717, 1.165) is 10.9 Å². The van der Waals surface area contributed by atoms with Gasteiger partial charge in [-0.2, -0.15) is 0 Å². The number of rotatable bonds is 4. The van der Waals surface area contributed by atoms with E-state index in [0.29, 0.717) is 18.2 Å². The molecule has 23 heavy (non-hydrogen) atoms. The number of anilines is 1. The summed E-state index contributed by atoms with van der Waals surface area (Å²) >= 11 is 0. The Morgan fingerprint density at radius 1 is 1.35 bits per heavy atom. The van der Waals surface area contributed by atoms with Crippen LogP contribution < -0.4 is 11.1 Å². The lowest BCUT2D eigenvalue weighted by Crippen LogP contribution is -2.26. The summed E-state index contributed by atoms with van der Waals surface area (Å²) in [7, 11) is 0. The maximum absolute atomic E-state index is 13.5. The minimum Gasteiger partial charge on any atom is -0.388 e. The zero-order valence-electron chi connectivity index (χ0n) is 12.8. The zero-order chi connectivity index (χ0) is 16.4. The van der Waals surface area contributed by atoms with Crippen LogP contribution in [0.3, 0.4) is 0 Å². The lowest BCUT2D eigenvalue weighted by atomic mass is 9.96. The fourth-order valence-electron chi connectivity index (χ4n) is 2.50. The van der Waals surface area contributed by atoms with Crippen molar-refractivity contribution in [2.75, 3.05) is 11.9 Å². The van der Waals surface area contributed by atoms with Gasteiger partial charge in [-0.1, -0.05) is 18.2 Å². The predicted octanol–water partition coefficient (Wildman–Crippen LogP) is 2.26. The smallest absolute Gasteiger partial charge is 0.141 e. The number of benzene rings is 1. The molecule has 5 nitrogen and oxygen atoms in total. The summed E-state index contributed by atoms with van der Waals surface area (Å²) in [6, 6.07) is 7.52. The van der Waals surface area contributed by atoms with Crippen LogP contribution in [0.15, 0.2) is 48.3 Å². The molecule has 1 heterocycles. The number of nitrogens with one attached hydrogen (secondary N) is 1. The Bertz CT molecular complexity index is 772. The maximum atomic E-state index is 13.5. The third-order valence-electron chi connectivity index (χ3n) is 3.67. The summed E-state index contributed by atoms with van der Waals surface area (Å²) in [6.07, 6.45) is 3.15. The lowest BCUT2D eigenvalue weighted by molar-refractivity contribution is 0.200. The van der Waals surface area contributed by atoms with Gasteiger partial charge in [0, 0.05) is 18.0 Å². The Kier molecular flexibility index (Phi) is 4.36. The second-order valence-electron chi connectivity index (χ2n) is 5.73. The van der Waals surface area contributed by atoms with Gasteiger partial charge in [-0.3, -0.25) is 0 Å². The first-order valence-electron chi connectivity index (χ1n) is 7.54. The SMILES string of the molecule is C[C@@H](N)CNc1nc(C2C=C(F)C=CC2O)nc2ccccc12. The molecular weight excluding hydrogens is 295 g/mol. The molecule has 6 heteroatoms. The van der Waals surface area contributed by atoms with Gasteiger partial charge in [-0.15, -0.1) is 0 Å². The van der Waals surface area contributed by atoms with E-state index in [2.05, 4.69) is 15.3 Å². The molecule has 3 rings (SSSR count). The molecule has 0 aliphatic heterocycles. The molecule has 0 fully saturated rings. The van der Waals surface area contributed by atoms with Gasteiger partial charge >= 0.3 is 0 Å². The minimum absolute atomic E-state index is 0.0345. The molecule has 1 aliphatic rings. The van der Waals surface area contributed by atoms with Crippen molar-refractivity contribution in [1.82, 2.24) is 9.97 Å². The van der Waals surface area contributed by atoms with Crippen molar-refractivity contribution >= 4 is 16.7 Å². The molecular formula is C17H19FN4O. The van der Waals surface area contributed by atoms with Gasteiger partial charge in [0.25, 0.3) is 0 Å². The average molecular weight is 314 g/mol. The van der Waals surface area contributed by atoms with Crippen LogP contribution in [0.25, 0.3) is 10.9 Å². The molecule has 2 unspecified atom stereocenters. The van der Waals surface area contributed by atoms with Crippen LogP contribution in [-0.2, 0) is 0 Å². The molecule has 1 aromatic carbocycles. The quantitative estimate of drug-likeness (QED) is 0.806. The summed E-state index contributed by atoms with van der Waals surface area (Å²) in [4.78, 5) is 8.98. The Morgan fingerprint density at radius 3 is 2.91 bits per heavy atom. The van der Waals surface area contributed by atoms with E-state index < -0.39 is 17.8 Å². The van der Waals surface area contributed by atoms with E-state index in [1.165, 1.54) is 18.2 Å². The molecule has 0 spiro atoms. The molecule has 1 aromatic heterocycles. The number of fused-ring (bicyclic) bond motifs is 1. The standard InChI is InChI=1S/C17H19FN4O/c1-10(19)9-20-16-12-4-2-3-5-14(12)21-17(22-16)13-8-11(18)6-7-15(13)23/h2-8,10,13,15,23H,9,19H2,1H3,(H,20,21,22)/t10-,13?,15?/m1/s1. The molecule has 0 saturated heterocycles. The van der Waals surface area contributed by atoms with E-state index >= 15 is 0 Å². The second kappa shape index (κ2) is 6.44. The summed E-state index contributed by atoms with van der Waals surface area (Å²) in [5.74, 6) is 0.00365. The highest BCUT2D eigenvalue weighted by atomic mass is 19.1. The van der Waals surface area contributed by atoms with Crippen molar-refractivity contribution in [3.63, 3.8) is 0 Å². The fraction of sp³-hybridized carbons (Fsp3) is 0.294. The third kappa shape index (κ3) is 3.38. The van der Waals surface area contributed by atoms with E-state index in [-0.39, 0.29) is 6.04 Å². The van der Waals surface area contributed by atoms with Crippen LogP contribution in [0.1, 0.15) is 18.7 Å². The number of nitrogens with two attached hydrogens (primary N) is 1. The highest BCUT2D eigenvalue weighted by Crippen LogP contribution is 2.29. The number of para-hydroxylation sites is 1. The zero-order valence-corrected chi connectivity index (χ0v) is 12.8. The van der Waals surface area contributed by atoms with Crippen molar-refractivity contribution < 1.29 is 9.50 Å². The summed E-state index contributed by atoms with van der Waals surface area (Å²) in [5.41, 5.74) is 6.53. The number of aromatic nitrogens is 2. The molecule has 4 N–H and O–H groups in total. The highest BCUT2D eigenvalue weighted by Gasteiger charge is 2.24. The van der Waals surface area contributed by atoms with Crippen molar-refractivity contribution in [2.45, 2.75) is 25.0 Å². The van der Waals surface area contributed by atoms with Gasteiger partial charge in [0.15, 0.2) is 0 Å². The normalized spacial score (nSPS) is 22.0. The summed E-state index contributed by atoms with van der Waals surface area (Å²) in [5, 5.41) is 14.2. The Hall–Kier alpha value is -2.31. The van der Waals surface area contributed by atoms with Crippen LogP contribution in [0.2, 0.25) is 0 Å². The number of allylic oxidation sites excluding steroid dienone is 2. The van der Waals surface area contributed by atoms with Gasteiger partial charge in [0.2, 0.25) is 0 Å². The van der Waals surface area contributed by atoms with Gasteiger partial charge < -0.3 is 16.2 Å². The van der Waals surface area contributed by atoms with Gasteiger partial charge in [-0.25, -0.2) is 14.4 Å². The first-order chi connectivity index (χ1) is 11.0. The number of hydrogen-bond donors (Lipinski definition) is 3. The van der Waals surface area contributed by atoms with E-state index in [4.69, 9.17) is 5.73 Å². The van der Waals surface area contributed by atoms with Crippen LogP contribution in [0.5, 0.6) is 0 Å². The van der Waals surface area contributed by atoms with Crippen molar-refractivity contribution in [3.8, 4) is 0 Å². The second-order valence-corrected chi connectivity index (χ2v) is 5.73. The average Bonchev–Trinajstić information content (AvgIpc) is 2.54. The Labute approximate surface area is 133 Å². The molecule has 0 amide bonds. The van der Waals surface area contributed by atoms with Crippen LogP contribution >= 0.6 is 0 Å². The molecule has 0 saturated carbocycles. The van der Waals surface area contributed by atoms with Crippen molar-refractivity contribution in [3.05, 3.63) is 54.1 Å². The molecule has 2 aromatic rings. The first kappa shape index (κ1) is 15.6. The first-order valence-corrected chi connectivity index (χ1v) is 7.54. The van der Waals surface area contributed by atoms with Gasteiger partial charge in [0.05, 0.1) is 17.5 Å². The summed E-state index contributed by atoms with van der Waals surface area (Å²) < 4.78 is 13.5. The van der Waals surface area contributed by atoms with Crippen LogP contribution in [0.4, 0.5) is 10.2 Å². The largest absolute Gasteiger partial charge is 0.388 e. The molecule has 120 valence electrons. The van der Waals surface area contributed by atoms with Crippen molar-refractivity contribution in [1.29, 1.82) is 0 Å². The molecule has 3 atom stereocenters. The van der Waals surface area contributed by atoms with Crippen molar-refractivity contribution in [2.24, 2.45) is 5.73 Å². The highest BCUT2D eigenvalue weighted by molar-refractivity contribution is 5.89. The van der Waals surface area contributed by atoms with Crippen LogP contribution in [0, 0.1) is 0 Å². The number of hydrogen-bond acceptors (Lipinski definition) is 5. The molecule has 0 bridgehead atoms. The minimum atomic E-state index is -0.850. The van der Waals surface area contributed by atoms with E-state index in [9.17, 15) is 9.50 Å². The Morgan fingerprint density at radius 2 is 2.13 bits per heavy atom. The third-order valence-corrected chi connectivity index (χ3v) is 3.67. The molecule has 1 aliphatic carbocycles. The number of halogens is 1. The van der Waals surface area contributed by atoms with Crippen LogP contribution in [-0.4, -0.2) is 33.8 Å². The maximum Gasteiger partial charge on any atom is 0.141 e. The predicted molar refractivity (Wildman–Crippen MR) is 88.8 cm³/mol. The van der Waals surface area contributed by atoms with Gasteiger partial charge in [-0.05, 0) is 31.2 Å². The number of nitrogens with zero attached hydrogens (tertiary/aromatic N) is 2. The number of aliphatic hydroxyl groups excluding tert-OH is 1. The Balaban J connectivity index is 2.06. The summed E-state index contributed by atoms with van der Waals surface area (Å²) in [6.45, 7) is 2.45.